The van der Waals surface area contributed by atoms with Gasteiger partial charge >= 0.3 is 0 Å². The Bertz CT molecular complexity index is 1120. The molecule has 4 rings (SSSR count). The monoisotopic (exact) mass is 413 g/mol. The lowest BCUT2D eigenvalue weighted by Gasteiger charge is -2.07. The van der Waals surface area contributed by atoms with E-state index in [9.17, 15) is 14.0 Å². The van der Waals surface area contributed by atoms with E-state index in [0.29, 0.717) is 39.4 Å². The second kappa shape index (κ2) is 8.36. The number of ether oxygens (including phenoxy) is 2. The number of carbonyl (C=O) groups excluding carboxylic acids is 1. The maximum atomic E-state index is 13.7. The molecule has 2 heterocycles. The molecule has 0 fully saturated rings. The molecule has 2 N–H and O–H groups in total. The van der Waals surface area contributed by atoms with Gasteiger partial charge in [0.25, 0.3) is 5.56 Å². The van der Waals surface area contributed by atoms with Gasteiger partial charge in [0.1, 0.15) is 5.82 Å². The first-order valence-electron chi connectivity index (χ1n) is 8.73. The van der Waals surface area contributed by atoms with Crippen molar-refractivity contribution >= 4 is 23.4 Å². The molecule has 0 aliphatic carbocycles. The molecule has 1 amide bonds. The molecule has 0 radical (unpaired) electrons. The Morgan fingerprint density at radius 1 is 1.17 bits per heavy atom. The van der Waals surface area contributed by atoms with E-state index >= 15 is 0 Å². The van der Waals surface area contributed by atoms with E-state index in [4.69, 9.17) is 9.47 Å². The molecule has 1 aliphatic heterocycles. The fourth-order valence-corrected chi connectivity index (χ4v) is 3.63. The first kappa shape index (κ1) is 19.0. The molecular weight excluding hydrogens is 397 g/mol. The quantitative estimate of drug-likeness (QED) is 0.477. The van der Waals surface area contributed by atoms with Crippen LogP contribution in [0.5, 0.6) is 11.5 Å². The van der Waals surface area contributed by atoms with Crippen LogP contribution in [0.2, 0.25) is 0 Å². The number of aromatic amines is 1. The van der Waals surface area contributed by atoms with E-state index in [2.05, 4.69) is 15.3 Å². The lowest BCUT2D eigenvalue weighted by Crippen LogP contribution is -2.18. The fourth-order valence-electron chi connectivity index (χ4n) is 2.75. The highest BCUT2D eigenvalue weighted by molar-refractivity contribution is 7.98. The molecular formula is C20H16FN3O4S. The Balaban J connectivity index is 1.41. The van der Waals surface area contributed by atoms with Gasteiger partial charge in [-0.15, -0.1) is 0 Å². The van der Waals surface area contributed by atoms with E-state index in [1.54, 1.807) is 36.4 Å². The Kier molecular flexibility index (Phi) is 5.48. The minimum absolute atomic E-state index is 0.0778. The Hall–Kier alpha value is -3.33. The zero-order chi connectivity index (χ0) is 20.2. The van der Waals surface area contributed by atoms with Crippen LogP contribution in [0.15, 0.2) is 58.5 Å². The predicted molar refractivity (Wildman–Crippen MR) is 106 cm³/mol. The summed E-state index contributed by atoms with van der Waals surface area (Å²) in [4.78, 5) is 31.1. The highest BCUT2D eigenvalue weighted by Gasteiger charge is 2.15. The van der Waals surface area contributed by atoms with Gasteiger partial charge in [-0.05, 0) is 23.8 Å². The number of benzene rings is 2. The Morgan fingerprint density at radius 3 is 2.86 bits per heavy atom. The van der Waals surface area contributed by atoms with Crippen molar-refractivity contribution in [3.05, 3.63) is 76.0 Å². The van der Waals surface area contributed by atoms with Crippen molar-refractivity contribution < 1.29 is 18.7 Å². The maximum Gasteiger partial charge on any atom is 0.251 e. The number of rotatable bonds is 6. The lowest BCUT2D eigenvalue weighted by molar-refractivity contribution is -0.115. The third kappa shape index (κ3) is 4.75. The average Bonchev–Trinajstić information content (AvgIpc) is 3.14. The van der Waals surface area contributed by atoms with Crippen LogP contribution in [0.4, 0.5) is 10.1 Å². The summed E-state index contributed by atoms with van der Waals surface area (Å²) < 4.78 is 24.3. The van der Waals surface area contributed by atoms with E-state index in [-0.39, 0.29) is 30.5 Å². The number of H-pyrrole nitrogens is 1. The number of aromatic nitrogens is 2. The largest absolute Gasteiger partial charge is 0.454 e. The van der Waals surface area contributed by atoms with Gasteiger partial charge in [0.2, 0.25) is 12.7 Å². The normalized spacial score (nSPS) is 12.0. The molecule has 0 bridgehead atoms. The summed E-state index contributed by atoms with van der Waals surface area (Å²) in [5.74, 6) is 0.843. The average molecular weight is 413 g/mol. The van der Waals surface area contributed by atoms with Crippen molar-refractivity contribution in [3.63, 3.8) is 0 Å². The summed E-state index contributed by atoms with van der Waals surface area (Å²) in [5.41, 5.74) is 1.01. The van der Waals surface area contributed by atoms with Gasteiger partial charge in [0.05, 0.1) is 12.1 Å². The number of fused-ring (bicyclic) bond motifs is 1. The molecule has 2 aromatic carbocycles. The lowest BCUT2D eigenvalue weighted by atomic mass is 10.2. The summed E-state index contributed by atoms with van der Waals surface area (Å²) in [5, 5.41) is 3.07. The van der Waals surface area contributed by atoms with Crippen molar-refractivity contribution in [2.75, 3.05) is 12.1 Å². The molecule has 0 atom stereocenters. The van der Waals surface area contributed by atoms with Gasteiger partial charge in [-0.25, -0.2) is 9.37 Å². The molecule has 29 heavy (non-hydrogen) atoms. The van der Waals surface area contributed by atoms with Crippen molar-refractivity contribution in [2.24, 2.45) is 0 Å². The van der Waals surface area contributed by atoms with Gasteiger partial charge < -0.3 is 19.8 Å². The Morgan fingerprint density at radius 2 is 2.00 bits per heavy atom. The smallest absolute Gasteiger partial charge is 0.251 e. The van der Waals surface area contributed by atoms with Crippen LogP contribution in [0.1, 0.15) is 11.3 Å². The molecule has 0 saturated carbocycles. The van der Waals surface area contributed by atoms with Gasteiger partial charge in [0, 0.05) is 23.6 Å². The second-order valence-corrected chi connectivity index (χ2v) is 7.18. The van der Waals surface area contributed by atoms with E-state index < -0.39 is 0 Å². The molecule has 1 aromatic heterocycles. The minimum Gasteiger partial charge on any atom is -0.454 e. The number of halogens is 1. The van der Waals surface area contributed by atoms with Gasteiger partial charge in [-0.3, -0.25) is 9.59 Å². The number of hydrogen-bond acceptors (Lipinski definition) is 6. The molecule has 0 unspecified atom stereocenters. The van der Waals surface area contributed by atoms with Crippen molar-refractivity contribution in [2.45, 2.75) is 17.3 Å². The van der Waals surface area contributed by atoms with Gasteiger partial charge in [-0.1, -0.05) is 30.0 Å². The van der Waals surface area contributed by atoms with Crippen LogP contribution in [-0.4, -0.2) is 22.7 Å². The summed E-state index contributed by atoms with van der Waals surface area (Å²) in [6, 6.07) is 12.8. The molecule has 9 heteroatoms. The van der Waals surface area contributed by atoms with Crippen LogP contribution in [0, 0.1) is 5.82 Å². The topological polar surface area (TPSA) is 93.3 Å². The number of nitrogens with zero attached hydrogens (tertiary/aromatic N) is 1. The van der Waals surface area contributed by atoms with Gasteiger partial charge in [-0.2, -0.15) is 0 Å². The SMILES string of the molecule is O=C(Cc1cc(=O)[nH]c(SCc2ccccc2F)n1)Nc1ccc2c(c1)OCO2. The zero-order valence-corrected chi connectivity index (χ0v) is 15.9. The van der Waals surface area contributed by atoms with E-state index in [1.165, 1.54) is 23.9 Å². The molecule has 0 saturated heterocycles. The van der Waals surface area contributed by atoms with Crippen LogP contribution < -0.4 is 20.3 Å². The third-order valence-corrected chi connectivity index (χ3v) is 5.02. The van der Waals surface area contributed by atoms with Crippen LogP contribution in [-0.2, 0) is 17.0 Å². The molecule has 7 nitrogen and oxygen atoms in total. The number of anilines is 1. The first-order chi connectivity index (χ1) is 14.1. The number of carbonyl (C=O) groups is 1. The summed E-state index contributed by atoms with van der Waals surface area (Å²) in [7, 11) is 0. The number of nitrogens with one attached hydrogen (secondary N) is 2. The summed E-state index contributed by atoms with van der Waals surface area (Å²) in [6.45, 7) is 0.150. The molecule has 1 aliphatic rings. The van der Waals surface area contributed by atoms with Crippen LogP contribution in [0.25, 0.3) is 0 Å². The number of amides is 1. The van der Waals surface area contributed by atoms with E-state index in [1.807, 2.05) is 0 Å². The molecule has 148 valence electrons. The maximum absolute atomic E-state index is 13.7. The van der Waals surface area contributed by atoms with Crippen molar-refractivity contribution in [1.29, 1.82) is 0 Å². The number of thioether (sulfide) groups is 1. The zero-order valence-electron chi connectivity index (χ0n) is 15.1. The highest BCUT2D eigenvalue weighted by atomic mass is 32.2. The van der Waals surface area contributed by atoms with E-state index in [0.717, 1.165) is 0 Å². The van der Waals surface area contributed by atoms with Crippen LogP contribution >= 0.6 is 11.8 Å². The summed E-state index contributed by atoms with van der Waals surface area (Å²) in [6.07, 6.45) is -0.0778. The standard InChI is InChI=1S/C20H16FN3O4S/c21-15-4-2-1-3-12(15)10-29-20-23-14(9-19(26)24-20)8-18(25)22-13-5-6-16-17(7-13)28-11-27-16/h1-7,9H,8,10-11H2,(H,22,25)(H,23,24,26). The van der Waals surface area contributed by atoms with Crippen molar-refractivity contribution in [1.82, 2.24) is 9.97 Å². The Labute approximate surface area is 169 Å². The van der Waals surface area contributed by atoms with Crippen LogP contribution in [0.3, 0.4) is 0 Å². The third-order valence-electron chi connectivity index (χ3n) is 4.09. The fraction of sp³-hybridized carbons (Fsp3) is 0.150. The number of hydrogen-bond donors (Lipinski definition) is 2. The van der Waals surface area contributed by atoms with Gasteiger partial charge in [0.15, 0.2) is 16.7 Å². The van der Waals surface area contributed by atoms with Crippen molar-refractivity contribution in [3.8, 4) is 11.5 Å². The minimum atomic E-state index is -0.373. The highest BCUT2D eigenvalue weighted by Crippen LogP contribution is 2.34. The molecule has 3 aromatic rings. The first-order valence-corrected chi connectivity index (χ1v) is 9.71. The predicted octanol–water partition coefficient (Wildman–Crippen LogP) is 3.11. The molecule has 0 spiro atoms. The second-order valence-electron chi connectivity index (χ2n) is 6.21. The summed E-state index contributed by atoms with van der Waals surface area (Å²) >= 11 is 1.19.